The topological polar surface area (TPSA) is 52.6 Å². The van der Waals surface area contributed by atoms with Gasteiger partial charge in [0.2, 0.25) is 12.4 Å². The normalized spacial score (nSPS) is 18.4. The first kappa shape index (κ1) is 14.1. The van der Waals surface area contributed by atoms with Crippen molar-refractivity contribution < 1.29 is 4.79 Å². The van der Waals surface area contributed by atoms with Crippen LogP contribution in [0.2, 0.25) is 0 Å². The Morgan fingerprint density at radius 2 is 1.76 bits per heavy atom. The largest absolute Gasteiger partial charge is 0.362 e. The maximum Gasteiger partial charge on any atom is 0.227 e. The molecule has 114 valence electrons. The number of anilines is 2. The van der Waals surface area contributed by atoms with E-state index in [4.69, 9.17) is 9.97 Å². The summed E-state index contributed by atoms with van der Waals surface area (Å²) in [4.78, 5) is 26.5. The lowest BCUT2D eigenvalue weighted by Gasteiger charge is -2.34. The van der Waals surface area contributed by atoms with Crippen LogP contribution in [-0.4, -0.2) is 61.6 Å². The molecule has 1 aliphatic heterocycles. The second-order valence-electron chi connectivity index (χ2n) is 6.00. The summed E-state index contributed by atoms with van der Waals surface area (Å²) in [6.07, 6.45) is 5.52. The van der Waals surface area contributed by atoms with Crippen molar-refractivity contribution in [2.75, 3.05) is 50.1 Å². The lowest BCUT2D eigenvalue weighted by atomic mass is 9.96. The summed E-state index contributed by atoms with van der Waals surface area (Å²) in [5.41, 5.74) is 2.54. The van der Waals surface area contributed by atoms with Crippen LogP contribution in [-0.2, 0) is 17.6 Å². The van der Waals surface area contributed by atoms with E-state index < -0.39 is 0 Å². The molecule has 0 unspecified atom stereocenters. The zero-order chi connectivity index (χ0) is 14.8. The van der Waals surface area contributed by atoms with Crippen molar-refractivity contribution in [3.05, 3.63) is 11.3 Å². The fourth-order valence-electron chi connectivity index (χ4n) is 3.10. The van der Waals surface area contributed by atoms with Gasteiger partial charge in [0.05, 0.1) is 5.69 Å². The Morgan fingerprint density at radius 3 is 2.43 bits per heavy atom. The van der Waals surface area contributed by atoms with Gasteiger partial charge in [-0.25, -0.2) is 4.98 Å². The van der Waals surface area contributed by atoms with E-state index >= 15 is 0 Å². The van der Waals surface area contributed by atoms with Crippen LogP contribution in [0.5, 0.6) is 0 Å². The van der Waals surface area contributed by atoms with Gasteiger partial charge in [0, 0.05) is 45.8 Å². The average molecular weight is 289 g/mol. The van der Waals surface area contributed by atoms with Crippen molar-refractivity contribution in [3.63, 3.8) is 0 Å². The van der Waals surface area contributed by atoms with Crippen LogP contribution in [0.4, 0.5) is 11.8 Å². The highest BCUT2D eigenvalue weighted by molar-refractivity contribution is 5.54. The summed E-state index contributed by atoms with van der Waals surface area (Å²) in [6.45, 7) is 3.12. The lowest BCUT2D eigenvalue weighted by Crippen LogP contribution is -2.46. The first-order valence-corrected chi connectivity index (χ1v) is 7.70. The Morgan fingerprint density at radius 1 is 1.05 bits per heavy atom. The highest BCUT2D eigenvalue weighted by Crippen LogP contribution is 2.29. The summed E-state index contributed by atoms with van der Waals surface area (Å²) < 4.78 is 0. The summed E-state index contributed by atoms with van der Waals surface area (Å²) >= 11 is 0. The Labute approximate surface area is 125 Å². The Balaban J connectivity index is 1.89. The van der Waals surface area contributed by atoms with Crippen molar-refractivity contribution in [2.24, 2.45) is 0 Å². The van der Waals surface area contributed by atoms with E-state index in [9.17, 15) is 4.79 Å². The quantitative estimate of drug-likeness (QED) is 0.767. The first-order valence-electron chi connectivity index (χ1n) is 7.70. The fourth-order valence-corrected chi connectivity index (χ4v) is 3.10. The SMILES string of the molecule is CN(C)c1nc(N2CCN(C=O)CC2)nc2c1CCCC2. The van der Waals surface area contributed by atoms with Gasteiger partial charge in [-0.15, -0.1) is 0 Å². The number of hydrogen-bond acceptors (Lipinski definition) is 5. The summed E-state index contributed by atoms with van der Waals surface area (Å²) in [7, 11) is 4.09. The molecule has 1 aliphatic carbocycles. The molecule has 21 heavy (non-hydrogen) atoms. The second kappa shape index (κ2) is 5.87. The first-order chi connectivity index (χ1) is 10.2. The molecule has 2 aliphatic rings. The predicted molar refractivity (Wildman–Crippen MR) is 82.9 cm³/mol. The third-order valence-electron chi connectivity index (χ3n) is 4.32. The van der Waals surface area contributed by atoms with Gasteiger partial charge in [-0.3, -0.25) is 4.79 Å². The number of nitrogens with zero attached hydrogens (tertiary/aromatic N) is 5. The van der Waals surface area contributed by atoms with Gasteiger partial charge in [0.15, 0.2) is 0 Å². The molecule has 0 saturated carbocycles. The van der Waals surface area contributed by atoms with Crippen molar-refractivity contribution >= 4 is 18.2 Å². The van der Waals surface area contributed by atoms with Crippen molar-refractivity contribution in [3.8, 4) is 0 Å². The zero-order valence-electron chi connectivity index (χ0n) is 12.9. The zero-order valence-corrected chi connectivity index (χ0v) is 12.9. The number of piperazine rings is 1. The van der Waals surface area contributed by atoms with E-state index in [2.05, 4.69) is 9.80 Å². The van der Waals surface area contributed by atoms with E-state index in [1.807, 2.05) is 19.0 Å². The number of rotatable bonds is 3. The van der Waals surface area contributed by atoms with Gasteiger partial charge in [0.1, 0.15) is 5.82 Å². The van der Waals surface area contributed by atoms with Gasteiger partial charge in [-0.05, 0) is 25.7 Å². The molecule has 1 amide bonds. The molecule has 0 aromatic carbocycles. The number of amides is 1. The Hall–Kier alpha value is -1.85. The summed E-state index contributed by atoms with van der Waals surface area (Å²) in [5.74, 6) is 1.89. The summed E-state index contributed by atoms with van der Waals surface area (Å²) in [5, 5.41) is 0. The number of carbonyl (C=O) groups is 1. The van der Waals surface area contributed by atoms with Gasteiger partial charge < -0.3 is 14.7 Å². The minimum absolute atomic E-state index is 0.751. The minimum atomic E-state index is 0.751. The summed E-state index contributed by atoms with van der Waals surface area (Å²) in [6, 6.07) is 0. The van der Waals surface area contributed by atoms with Crippen LogP contribution in [0, 0.1) is 0 Å². The van der Waals surface area contributed by atoms with Gasteiger partial charge in [0.25, 0.3) is 0 Å². The van der Waals surface area contributed by atoms with Crippen molar-refractivity contribution in [2.45, 2.75) is 25.7 Å². The third-order valence-corrected chi connectivity index (χ3v) is 4.32. The number of aromatic nitrogens is 2. The second-order valence-corrected chi connectivity index (χ2v) is 6.00. The molecule has 1 saturated heterocycles. The molecule has 6 heteroatoms. The maximum atomic E-state index is 10.8. The van der Waals surface area contributed by atoms with Crippen LogP contribution in [0.3, 0.4) is 0 Å². The van der Waals surface area contributed by atoms with Crippen LogP contribution in [0.25, 0.3) is 0 Å². The van der Waals surface area contributed by atoms with E-state index in [-0.39, 0.29) is 0 Å². The molecule has 0 bridgehead atoms. The standard InChI is InChI=1S/C15H23N5O/c1-18(2)14-12-5-3-4-6-13(12)16-15(17-14)20-9-7-19(11-21)8-10-20/h11H,3-10H2,1-2H3. The molecule has 6 nitrogen and oxygen atoms in total. The van der Waals surface area contributed by atoms with Crippen LogP contribution in [0.15, 0.2) is 0 Å². The van der Waals surface area contributed by atoms with Crippen LogP contribution in [0.1, 0.15) is 24.1 Å². The molecule has 1 aromatic rings. The molecular weight excluding hydrogens is 266 g/mol. The van der Waals surface area contributed by atoms with Gasteiger partial charge in [-0.1, -0.05) is 0 Å². The molecule has 0 atom stereocenters. The van der Waals surface area contributed by atoms with E-state index in [0.29, 0.717) is 0 Å². The molecule has 1 fully saturated rings. The highest BCUT2D eigenvalue weighted by Gasteiger charge is 2.23. The monoisotopic (exact) mass is 289 g/mol. The average Bonchev–Trinajstić information content (AvgIpc) is 2.53. The van der Waals surface area contributed by atoms with Gasteiger partial charge >= 0.3 is 0 Å². The highest BCUT2D eigenvalue weighted by atomic mass is 16.1. The van der Waals surface area contributed by atoms with Crippen LogP contribution >= 0.6 is 0 Å². The molecule has 0 N–H and O–H groups in total. The lowest BCUT2D eigenvalue weighted by molar-refractivity contribution is -0.118. The number of carbonyl (C=O) groups excluding carboxylic acids is 1. The van der Waals surface area contributed by atoms with Crippen molar-refractivity contribution in [1.82, 2.24) is 14.9 Å². The van der Waals surface area contributed by atoms with E-state index in [0.717, 1.165) is 57.2 Å². The minimum Gasteiger partial charge on any atom is -0.362 e. The fraction of sp³-hybridized carbons (Fsp3) is 0.667. The van der Waals surface area contributed by atoms with Gasteiger partial charge in [-0.2, -0.15) is 4.98 Å². The number of hydrogen-bond donors (Lipinski definition) is 0. The Kier molecular flexibility index (Phi) is 3.94. The van der Waals surface area contributed by atoms with Crippen LogP contribution < -0.4 is 9.80 Å². The third kappa shape index (κ3) is 2.80. The molecule has 3 rings (SSSR count). The molecular formula is C15H23N5O. The predicted octanol–water partition coefficient (Wildman–Crippen LogP) is 0.700. The number of fused-ring (bicyclic) bond motifs is 1. The molecule has 2 heterocycles. The molecule has 0 spiro atoms. The maximum absolute atomic E-state index is 10.8. The van der Waals surface area contributed by atoms with E-state index in [1.165, 1.54) is 24.1 Å². The molecule has 0 radical (unpaired) electrons. The van der Waals surface area contributed by atoms with Crippen molar-refractivity contribution in [1.29, 1.82) is 0 Å². The Bertz CT molecular complexity index is 523. The smallest absolute Gasteiger partial charge is 0.227 e. The van der Waals surface area contributed by atoms with E-state index in [1.54, 1.807) is 0 Å². The molecule has 1 aromatic heterocycles. The number of aryl methyl sites for hydroxylation is 1.